The van der Waals surface area contributed by atoms with Gasteiger partial charge in [-0.2, -0.15) is 0 Å². The van der Waals surface area contributed by atoms with Gasteiger partial charge < -0.3 is 4.90 Å². The second-order valence-electron chi connectivity index (χ2n) is 5.95. The summed E-state index contributed by atoms with van der Waals surface area (Å²) in [4.78, 5) is 29.4. The van der Waals surface area contributed by atoms with Crippen LogP contribution in [-0.4, -0.2) is 35.4 Å². The van der Waals surface area contributed by atoms with Crippen LogP contribution in [0.3, 0.4) is 0 Å². The fourth-order valence-corrected chi connectivity index (χ4v) is 2.77. The molecule has 1 aliphatic heterocycles. The summed E-state index contributed by atoms with van der Waals surface area (Å²) in [6, 6.07) is 0.0645. The SMILES string of the molecule is CCC1C=N/C=C(\C)C(N(CCC(C)=O)C(C)=O)CCC1. The van der Waals surface area contributed by atoms with E-state index in [1.165, 1.54) is 0 Å². The molecule has 0 saturated heterocycles. The number of carbonyl (C=O) groups excluding carboxylic acids is 2. The third kappa shape index (κ3) is 5.82. The third-order valence-electron chi connectivity index (χ3n) is 4.16. The first-order valence-electron chi connectivity index (χ1n) is 7.92. The van der Waals surface area contributed by atoms with E-state index in [9.17, 15) is 9.59 Å². The van der Waals surface area contributed by atoms with Gasteiger partial charge in [-0.25, -0.2) is 0 Å². The quantitative estimate of drug-likeness (QED) is 0.780. The van der Waals surface area contributed by atoms with Gasteiger partial charge in [0, 0.05) is 32.3 Å². The van der Waals surface area contributed by atoms with E-state index in [4.69, 9.17) is 0 Å². The van der Waals surface area contributed by atoms with E-state index in [0.717, 1.165) is 31.3 Å². The van der Waals surface area contributed by atoms with Gasteiger partial charge in [0.15, 0.2) is 0 Å². The largest absolute Gasteiger partial charge is 0.336 e. The maximum Gasteiger partial charge on any atom is 0.219 e. The Kier molecular flexibility index (Phi) is 7.34. The van der Waals surface area contributed by atoms with Crippen LogP contribution in [-0.2, 0) is 9.59 Å². The number of amides is 1. The smallest absolute Gasteiger partial charge is 0.219 e. The molecule has 0 N–H and O–H groups in total. The molecule has 0 radical (unpaired) electrons. The highest BCUT2D eigenvalue weighted by molar-refractivity contribution is 5.78. The van der Waals surface area contributed by atoms with E-state index in [-0.39, 0.29) is 17.7 Å². The van der Waals surface area contributed by atoms with Crippen molar-refractivity contribution in [1.29, 1.82) is 0 Å². The molecular weight excluding hydrogens is 264 g/mol. The molecule has 1 amide bonds. The molecule has 2 unspecified atom stereocenters. The second kappa shape index (κ2) is 8.75. The summed E-state index contributed by atoms with van der Waals surface area (Å²) in [5, 5.41) is 0. The molecule has 0 saturated carbocycles. The van der Waals surface area contributed by atoms with Crippen molar-refractivity contribution in [2.24, 2.45) is 10.9 Å². The molecule has 0 aromatic heterocycles. The van der Waals surface area contributed by atoms with Crippen molar-refractivity contribution < 1.29 is 9.59 Å². The maximum absolute atomic E-state index is 12.0. The number of ketones is 1. The van der Waals surface area contributed by atoms with Gasteiger partial charge in [-0.05, 0) is 44.6 Å². The lowest BCUT2D eigenvalue weighted by Crippen LogP contribution is -2.41. The fraction of sp³-hybridized carbons (Fsp3) is 0.706. The number of aliphatic imine (C=N–C) groups is 1. The molecular formula is C17H28N2O2. The lowest BCUT2D eigenvalue weighted by atomic mass is 9.96. The van der Waals surface area contributed by atoms with Crippen molar-refractivity contribution in [3.8, 4) is 0 Å². The standard InChI is InChI=1S/C17H28N2O2/c1-5-16-7-6-8-17(13(2)11-18-12-16)19(15(4)21)10-9-14(3)20/h11-12,16-17H,5-10H2,1-4H3/b13-11+,18-12?. The van der Waals surface area contributed by atoms with Crippen molar-refractivity contribution in [2.45, 2.75) is 65.8 Å². The first kappa shape index (κ1) is 17.6. The Bertz CT molecular complexity index is 427. The summed E-state index contributed by atoms with van der Waals surface area (Å²) in [6.07, 6.45) is 8.55. The Balaban J connectivity index is 2.86. The highest BCUT2D eigenvalue weighted by Gasteiger charge is 2.23. The van der Waals surface area contributed by atoms with Crippen LogP contribution in [0.25, 0.3) is 0 Å². The molecule has 0 aromatic rings. The van der Waals surface area contributed by atoms with Crippen LogP contribution in [0.1, 0.15) is 59.8 Å². The molecule has 2 atom stereocenters. The van der Waals surface area contributed by atoms with E-state index in [1.54, 1.807) is 13.8 Å². The maximum atomic E-state index is 12.0. The monoisotopic (exact) mass is 292 g/mol. The molecule has 0 bridgehead atoms. The summed E-state index contributed by atoms with van der Waals surface area (Å²) in [7, 11) is 0. The normalized spacial score (nSPS) is 25.2. The fourth-order valence-electron chi connectivity index (χ4n) is 2.77. The van der Waals surface area contributed by atoms with Gasteiger partial charge in [-0.1, -0.05) is 13.3 Å². The predicted octanol–water partition coefficient (Wildman–Crippen LogP) is 3.37. The summed E-state index contributed by atoms with van der Waals surface area (Å²) in [5.41, 5.74) is 1.10. The number of nitrogens with zero attached hydrogens (tertiary/aromatic N) is 2. The van der Waals surface area contributed by atoms with Gasteiger partial charge in [0.2, 0.25) is 5.91 Å². The van der Waals surface area contributed by atoms with Crippen molar-refractivity contribution >= 4 is 17.9 Å². The van der Waals surface area contributed by atoms with Crippen LogP contribution in [0.2, 0.25) is 0 Å². The van der Waals surface area contributed by atoms with Gasteiger partial charge in [0.25, 0.3) is 0 Å². The Morgan fingerprint density at radius 1 is 1.33 bits per heavy atom. The Hall–Kier alpha value is -1.45. The topological polar surface area (TPSA) is 49.7 Å². The lowest BCUT2D eigenvalue weighted by Gasteiger charge is -2.31. The number of hydrogen-bond acceptors (Lipinski definition) is 3. The minimum atomic E-state index is 0.0317. The Labute approximate surface area is 128 Å². The van der Waals surface area contributed by atoms with Crippen molar-refractivity contribution in [2.75, 3.05) is 6.54 Å². The number of hydrogen-bond donors (Lipinski definition) is 0. The zero-order valence-electron chi connectivity index (χ0n) is 13.8. The molecule has 4 nitrogen and oxygen atoms in total. The minimum Gasteiger partial charge on any atom is -0.336 e. The Morgan fingerprint density at radius 3 is 2.62 bits per heavy atom. The zero-order chi connectivity index (χ0) is 15.8. The van der Waals surface area contributed by atoms with Crippen LogP contribution >= 0.6 is 0 Å². The van der Waals surface area contributed by atoms with Crippen LogP contribution < -0.4 is 0 Å². The molecule has 1 rings (SSSR count). The molecule has 0 aromatic carbocycles. The second-order valence-corrected chi connectivity index (χ2v) is 5.95. The highest BCUT2D eigenvalue weighted by Crippen LogP contribution is 2.22. The summed E-state index contributed by atoms with van der Waals surface area (Å²) < 4.78 is 0. The van der Waals surface area contributed by atoms with Crippen LogP contribution in [0.15, 0.2) is 16.8 Å². The van der Waals surface area contributed by atoms with E-state index in [2.05, 4.69) is 11.9 Å². The summed E-state index contributed by atoms with van der Waals surface area (Å²) in [6.45, 7) is 7.86. The third-order valence-corrected chi connectivity index (χ3v) is 4.16. The van der Waals surface area contributed by atoms with Crippen molar-refractivity contribution in [3.05, 3.63) is 11.8 Å². The van der Waals surface area contributed by atoms with Crippen molar-refractivity contribution in [3.63, 3.8) is 0 Å². The molecule has 4 heteroatoms. The van der Waals surface area contributed by atoms with Crippen LogP contribution in [0.5, 0.6) is 0 Å². The number of Topliss-reactive ketones (excluding diaryl/α,β-unsaturated/α-hetero) is 1. The zero-order valence-corrected chi connectivity index (χ0v) is 13.8. The first-order chi connectivity index (χ1) is 9.95. The molecule has 0 aliphatic carbocycles. The molecule has 21 heavy (non-hydrogen) atoms. The van der Waals surface area contributed by atoms with E-state index < -0.39 is 0 Å². The van der Waals surface area contributed by atoms with Crippen LogP contribution in [0, 0.1) is 5.92 Å². The minimum absolute atomic E-state index is 0.0317. The van der Waals surface area contributed by atoms with Crippen molar-refractivity contribution in [1.82, 2.24) is 4.90 Å². The van der Waals surface area contributed by atoms with Gasteiger partial charge in [0.1, 0.15) is 5.78 Å². The van der Waals surface area contributed by atoms with Gasteiger partial charge >= 0.3 is 0 Å². The molecule has 118 valence electrons. The molecule has 1 heterocycles. The molecule has 0 spiro atoms. The van der Waals surface area contributed by atoms with E-state index in [1.807, 2.05) is 24.2 Å². The average Bonchev–Trinajstić information content (AvgIpc) is 2.50. The highest BCUT2D eigenvalue weighted by atomic mass is 16.2. The number of carbonyl (C=O) groups is 2. The summed E-state index contributed by atoms with van der Waals surface area (Å²) >= 11 is 0. The average molecular weight is 292 g/mol. The first-order valence-corrected chi connectivity index (χ1v) is 7.92. The Morgan fingerprint density at radius 2 is 2.05 bits per heavy atom. The van der Waals surface area contributed by atoms with E-state index >= 15 is 0 Å². The predicted molar refractivity (Wildman–Crippen MR) is 86.4 cm³/mol. The number of rotatable bonds is 5. The molecule has 0 fully saturated rings. The van der Waals surface area contributed by atoms with E-state index in [0.29, 0.717) is 18.9 Å². The van der Waals surface area contributed by atoms with Gasteiger partial charge in [-0.3, -0.25) is 14.6 Å². The van der Waals surface area contributed by atoms with Gasteiger partial charge in [-0.15, -0.1) is 0 Å². The van der Waals surface area contributed by atoms with Crippen LogP contribution in [0.4, 0.5) is 0 Å². The van der Waals surface area contributed by atoms with Gasteiger partial charge in [0.05, 0.1) is 6.04 Å². The summed E-state index contributed by atoms with van der Waals surface area (Å²) in [5.74, 6) is 0.676. The lowest BCUT2D eigenvalue weighted by molar-refractivity contribution is -0.131. The molecule has 1 aliphatic rings.